The molecule has 0 saturated carbocycles. The van der Waals surface area contributed by atoms with Gasteiger partial charge in [0.2, 0.25) is 0 Å². The van der Waals surface area contributed by atoms with Gasteiger partial charge in [0, 0.05) is 35.4 Å². The van der Waals surface area contributed by atoms with Crippen LogP contribution in [-0.2, 0) is 0 Å². The summed E-state index contributed by atoms with van der Waals surface area (Å²) in [5.41, 5.74) is 12.4. The largest absolute Gasteiger partial charge is 0.269 e. The Bertz CT molecular complexity index is 1580. The normalized spacial score (nSPS) is 11.3. The molecular weight excluding hydrogens is 629 g/mol. The van der Waals surface area contributed by atoms with Gasteiger partial charge in [-0.15, -0.1) is 11.1 Å². The topological polar surface area (TPSA) is 86.3 Å². The van der Waals surface area contributed by atoms with Crippen LogP contribution in [0.25, 0.3) is 0 Å². The Balaban J connectivity index is 3.10. The average molecular weight is 679 g/mol. The zero-order valence-electron chi connectivity index (χ0n) is 30.6. The first-order chi connectivity index (χ1) is 22.4. The maximum Gasteiger partial charge on any atom is 0.269 e. The van der Waals surface area contributed by atoms with Crippen LogP contribution in [0.4, 0.5) is 11.4 Å². The highest BCUT2D eigenvalue weighted by Gasteiger charge is 2.43. The predicted octanol–water partition coefficient (Wildman–Crippen LogP) is 10.6. The van der Waals surface area contributed by atoms with Crippen LogP contribution in [0.15, 0.2) is 59.7 Å². The van der Waals surface area contributed by atoms with Crippen LogP contribution in [0, 0.1) is 66.8 Å². The number of allylic oxidation sites excluding steroid dienone is 2. The number of nitro benzene ring substituents is 2. The highest BCUT2D eigenvalue weighted by atomic mass is 28.3. The highest BCUT2D eigenvalue weighted by molar-refractivity contribution is 6.91. The molecule has 0 spiro atoms. The van der Waals surface area contributed by atoms with Gasteiger partial charge in [-0.05, 0) is 57.5 Å². The van der Waals surface area contributed by atoms with Crippen molar-refractivity contribution in [2.45, 2.75) is 116 Å². The molecule has 0 aromatic heterocycles. The summed E-state index contributed by atoms with van der Waals surface area (Å²) < 4.78 is 0. The molecule has 48 heavy (non-hydrogen) atoms. The monoisotopic (exact) mass is 678 g/mol. The second-order valence-corrected chi connectivity index (χ2v) is 25.3. The van der Waals surface area contributed by atoms with Gasteiger partial charge < -0.3 is 0 Å². The molecule has 0 heterocycles. The highest BCUT2D eigenvalue weighted by Crippen LogP contribution is 2.42. The first-order valence-corrected chi connectivity index (χ1v) is 21.2. The summed E-state index contributed by atoms with van der Waals surface area (Å²) in [5, 5.41) is 22.4. The number of hydrogen-bond acceptors (Lipinski definition) is 4. The fourth-order valence-electron chi connectivity index (χ4n) is 7.12. The standard InChI is InChI=1S/C40H50N2O4Si2/c1-29(2)47(30(3)4,31(5)6)27-25-38(26-28-48(32(7)8,33(9)10)34(11)12)37(19-13-35-15-21-39(22-16-35)41(43)44)20-14-36-17-23-40(24-18-36)42(45)46/h15-18,21-24,29-34H,1-12H3. The third kappa shape index (κ3) is 9.38. The molecule has 252 valence electrons. The molecule has 2 aromatic carbocycles. The lowest BCUT2D eigenvalue weighted by Gasteiger charge is -2.38. The van der Waals surface area contributed by atoms with E-state index in [1.54, 1.807) is 24.3 Å². The summed E-state index contributed by atoms with van der Waals surface area (Å²) in [6.07, 6.45) is 0. The Morgan fingerprint density at radius 2 is 0.729 bits per heavy atom. The van der Waals surface area contributed by atoms with Gasteiger partial charge in [0.25, 0.3) is 11.4 Å². The fourth-order valence-corrected chi connectivity index (χ4v) is 17.5. The number of nitrogens with zero attached hydrogens (tertiary/aromatic N) is 2. The number of hydrogen-bond donors (Lipinski definition) is 0. The SMILES string of the molecule is CC(C)[Si](C#CC(C#C[Si](C(C)C)(C(C)C)C(C)C)=C(C#Cc1ccc([N+](=O)[O-])cc1)C#Cc1ccc([N+](=O)[O-])cc1)(C(C)C)C(C)C. The van der Waals surface area contributed by atoms with Crippen molar-refractivity contribution in [2.24, 2.45) is 0 Å². The lowest BCUT2D eigenvalue weighted by atomic mass is 10.1. The summed E-state index contributed by atoms with van der Waals surface area (Å²) in [4.78, 5) is 21.6. The third-order valence-corrected chi connectivity index (χ3v) is 22.2. The van der Waals surface area contributed by atoms with E-state index >= 15 is 0 Å². The fraction of sp³-hybridized carbons (Fsp3) is 0.450. The van der Waals surface area contributed by atoms with Crippen molar-refractivity contribution < 1.29 is 9.85 Å². The first kappa shape index (κ1) is 39.8. The molecule has 0 bridgehead atoms. The zero-order valence-corrected chi connectivity index (χ0v) is 32.6. The minimum Gasteiger partial charge on any atom is -0.258 e. The molecule has 0 saturated heterocycles. The summed E-state index contributed by atoms with van der Waals surface area (Å²) in [6.45, 7) is 27.3. The van der Waals surface area contributed by atoms with Crippen molar-refractivity contribution in [3.8, 4) is 46.6 Å². The van der Waals surface area contributed by atoms with Gasteiger partial charge in [0.05, 0.1) is 21.0 Å². The summed E-state index contributed by atoms with van der Waals surface area (Å²) in [5.74, 6) is 19.9. The molecule has 2 aromatic rings. The summed E-state index contributed by atoms with van der Waals surface area (Å²) >= 11 is 0. The molecule has 0 aliphatic rings. The van der Waals surface area contributed by atoms with Gasteiger partial charge in [-0.2, -0.15) is 0 Å². The van der Waals surface area contributed by atoms with E-state index < -0.39 is 26.0 Å². The number of non-ortho nitro benzene ring substituents is 2. The van der Waals surface area contributed by atoms with Crippen LogP contribution < -0.4 is 0 Å². The smallest absolute Gasteiger partial charge is 0.258 e. The quantitative estimate of drug-likeness (QED) is 0.120. The Labute approximate surface area is 290 Å². The minimum atomic E-state index is -2.16. The van der Waals surface area contributed by atoms with Gasteiger partial charge in [0.15, 0.2) is 0 Å². The zero-order chi connectivity index (χ0) is 36.4. The summed E-state index contributed by atoms with van der Waals surface area (Å²) in [6, 6.07) is 12.2. The van der Waals surface area contributed by atoms with Crippen LogP contribution in [0.3, 0.4) is 0 Å². The molecule has 0 aliphatic carbocycles. The lowest BCUT2D eigenvalue weighted by molar-refractivity contribution is -0.385. The molecule has 2 rings (SSSR count). The number of nitro groups is 2. The van der Waals surface area contributed by atoms with E-state index in [4.69, 9.17) is 0 Å². The van der Waals surface area contributed by atoms with Crippen LogP contribution >= 0.6 is 0 Å². The van der Waals surface area contributed by atoms with Crippen molar-refractivity contribution in [1.82, 2.24) is 0 Å². The van der Waals surface area contributed by atoms with E-state index in [1.165, 1.54) is 24.3 Å². The van der Waals surface area contributed by atoms with Gasteiger partial charge >= 0.3 is 0 Å². The van der Waals surface area contributed by atoms with Gasteiger partial charge in [-0.3, -0.25) is 20.2 Å². The molecule has 0 radical (unpaired) electrons. The van der Waals surface area contributed by atoms with Gasteiger partial charge in [-0.25, -0.2) is 0 Å². The lowest BCUT2D eigenvalue weighted by Crippen LogP contribution is -2.43. The molecule has 0 N–H and O–H groups in total. The average Bonchev–Trinajstić information content (AvgIpc) is 3.00. The van der Waals surface area contributed by atoms with Crippen molar-refractivity contribution in [1.29, 1.82) is 0 Å². The van der Waals surface area contributed by atoms with E-state index in [2.05, 4.69) is 130 Å². The van der Waals surface area contributed by atoms with E-state index in [9.17, 15) is 20.2 Å². The molecule has 8 heteroatoms. The van der Waals surface area contributed by atoms with Gasteiger partial charge in [0.1, 0.15) is 16.1 Å². The number of benzene rings is 2. The Kier molecular flexibility index (Phi) is 14.2. The van der Waals surface area contributed by atoms with E-state index in [1.807, 2.05) is 0 Å². The van der Waals surface area contributed by atoms with E-state index in [-0.39, 0.29) is 11.4 Å². The van der Waals surface area contributed by atoms with Crippen molar-refractivity contribution >= 4 is 27.5 Å². The Morgan fingerprint density at radius 1 is 0.479 bits per heavy atom. The second kappa shape index (κ2) is 17.2. The first-order valence-electron chi connectivity index (χ1n) is 16.7. The summed E-state index contributed by atoms with van der Waals surface area (Å²) in [7, 11) is -4.32. The molecule has 0 aliphatic heterocycles. The molecule has 0 amide bonds. The Morgan fingerprint density at radius 3 is 0.958 bits per heavy atom. The van der Waals surface area contributed by atoms with Gasteiger partial charge in [-0.1, -0.05) is 119 Å². The van der Waals surface area contributed by atoms with Crippen molar-refractivity contribution in [2.75, 3.05) is 0 Å². The van der Waals surface area contributed by atoms with Crippen molar-refractivity contribution in [3.05, 3.63) is 91.0 Å². The maximum atomic E-state index is 11.2. The van der Waals surface area contributed by atoms with E-state index in [0.717, 1.165) is 0 Å². The molecule has 0 unspecified atom stereocenters. The molecule has 0 fully saturated rings. The maximum absolute atomic E-state index is 11.2. The molecule has 0 atom stereocenters. The second-order valence-electron chi connectivity index (χ2n) is 14.2. The van der Waals surface area contributed by atoms with E-state index in [0.29, 0.717) is 55.5 Å². The predicted molar refractivity (Wildman–Crippen MR) is 205 cm³/mol. The molecule has 6 nitrogen and oxygen atoms in total. The van der Waals surface area contributed by atoms with Crippen molar-refractivity contribution in [3.63, 3.8) is 0 Å². The van der Waals surface area contributed by atoms with Crippen LogP contribution in [0.5, 0.6) is 0 Å². The van der Waals surface area contributed by atoms with Crippen LogP contribution in [0.1, 0.15) is 94.2 Å². The minimum absolute atomic E-state index is 0.0126. The third-order valence-electron chi connectivity index (χ3n) is 9.61. The van der Waals surface area contributed by atoms with Crippen LogP contribution in [-0.4, -0.2) is 26.0 Å². The number of rotatable bonds is 8. The Hall–Kier alpha value is -4.35. The van der Waals surface area contributed by atoms with Crippen LogP contribution in [0.2, 0.25) is 33.2 Å². The molecular formula is C40H50N2O4Si2.